The van der Waals surface area contributed by atoms with Crippen LogP contribution in [0.15, 0.2) is 67.3 Å². The zero-order chi connectivity index (χ0) is 16.9. The Bertz CT molecular complexity index is 820. The SMILES string of the molecule is O=C(OC(Cn1ccnc1)c1ccc(Cl)cc1Cl)c1ccccc1. The van der Waals surface area contributed by atoms with Gasteiger partial charge in [0.15, 0.2) is 0 Å². The first kappa shape index (κ1) is 16.6. The number of nitrogens with zero attached hydrogens (tertiary/aromatic N) is 2. The van der Waals surface area contributed by atoms with Gasteiger partial charge in [0.1, 0.15) is 6.10 Å². The number of carbonyl (C=O) groups is 1. The molecular formula is C18H14Cl2N2O2. The van der Waals surface area contributed by atoms with Gasteiger partial charge in [0, 0.05) is 28.0 Å². The highest BCUT2D eigenvalue weighted by molar-refractivity contribution is 6.35. The summed E-state index contributed by atoms with van der Waals surface area (Å²) in [5.74, 6) is -0.410. The second-order valence-corrected chi connectivity index (χ2v) is 6.03. The Morgan fingerprint density at radius 3 is 2.62 bits per heavy atom. The van der Waals surface area contributed by atoms with Crippen LogP contribution in [-0.2, 0) is 11.3 Å². The second kappa shape index (κ2) is 7.51. The zero-order valence-electron chi connectivity index (χ0n) is 12.6. The molecule has 0 saturated heterocycles. The van der Waals surface area contributed by atoms with Gasteiger partial charge in [-0.1, -0.05) is 47.5 Å². The van der Waals surface area contributed by atoms with E-state index in [1.54, 1.807) is 61.2 Å². The fourth-order valence-corrected chi connectivity index (χ4v) is 2.85. The van der Waals surface area contributed by atoms with Gasteiger partial charge in [0.25, 0.3) is 0 Å². The summed E-state index contributed by atoms with van der Waals surface area (Å²) in [7, 11) is 0. The number of imidazole rings is 1. The number of hydrogen-bond acceptors (Lipinski definition) is 3. The molecule has 0 radical (unpaired) electrons. The molecule has 6 heteroatoms. The van der Waals surface area contributed by atoms with Gasteiger partial charge in [0.05, 0.1) is 18.4 Å². The highest BCUT2D eigenvalue weighted by atomic mass is 35.5. The van der Waals surface area contributed by atoms with Crippen molar-refractivity contribution >= 4 is 29.2 Å². The van der Waals surface area contributed by atoms with Crippen LogP contribution >= 0.6 is 23.2 Å². The van der Waals surface area contributed by atoms with E-state index in [4.69, 9.17) is 27.9 Å². The molecule has 0 aliphatic carbocycles. The number of ether oxygens (including phenoxy) is 1. The molecule has 0 N–H and O–H groups in total. The number of esters is 1. The van der Waals surface area contributed by atoms with Crippen LogP contribution in [0.1, 0.15) is 22.0 Å². The monoisotopic (exact) mass is 360 g/mol. The standard InChI is InChI=1S/C18H14Cl2N2O2/c19-14-6-7-15(16(20)10-14)17(11-22-9-8-21-12-22)24-18(23)13-4-2-1-3-5-13/h1-10,12,17H,11H2. The number of hydrogen-bond donors (Lipinski definition) is 0. The Hall–Kier alpha value is -2.30. The lowest BCUT2D eigenvalue weighted by Crippen LogP contribution is -2.17. The van der Waals surface area contributed by atoms with Crippen molar-refractivity contribution in [2.45, 2.75) is 12.6 Å². The molecule has 3 aromatic rings. The van der Waals surface area contributed by atoms with E-state index >= 15 is 0 Å². The molecule has 3 rings (SSSR count). The Labute approximate surface area is 149 Å². The molecule has 1 unspecified atom stereocenters. The number of halogens is 2. The van der Waals surface area contributed by atoms with Crippen molar-refractivity contribution in [1.82, 2.24) is 9.55 Å². The van der Waals surface area contributed by atoms with E-state index in [1.165, 1.54) is 0 Å². The van der Waals surface area contributed by atoms with Gasteiger partial charge in [-0.25, -0.2) is 9.78 Å². The Morgan fingerprint density at radius 2 is 1.96 bits per heavy atom. The third-order valence-electron chi connectivity index (χ3n) is 3.50. The van der Waals surface area contributed by atoms with Crippen molar-refractivity contribution in [3.8, 4) is 0 Å². The molecule has 24 heavy (non-hydrogen) atoms. The minimum atomic E-state index is -0.559. The molecule has 0 spiro atoms. The van der Waals surface area contributed by atoms with Crippen LogP contribution in [0.3, 0.4) is 0 Å². The molecule has 0 amide bonds. The van der Waals surface area contributed by atoms with E-state index in [9.17, 15) is 4.79 Å². The molecule has 0 aliphatic heterocycles. The van der Waals surface area contributed by atoms with Gasteiger partial charge < -0.3 is 9.30 Å². The van der Waals surface area contributed by atoms with Crippen LogP contribution in [0.25, 0.3) is 0 Å². The topological polar surface area (TPSA) is 44.1 Å². The average molecular weight is 361 g/mol. The number of aromatic nitrogens is 2. The third-order valence-corrected chi connectivity index (χ3v) is 4.07. The maximum Gasteiger partial charge on any atom is 0.338 e. The molecule has 0 saturated carbocycles. The minimum absolute atomic E-state index is 0.403. The molecule has 2 aromatic carbocycles. The summed E-state index contributed by atoms with van der Waals surface area (Å²) in [6.07, 6.45) is 4.57. The summed E-state index contributed by atoms with van der Waals surface area (Å²) in [5, 5.41) is 0.980. The van der Waals surface area contributed by atoms with Gasteiger partial charge in [0.2, 0.25) is 0 Å². The summed E-state index contributed by atoms with van der Waals surface area (Å²) < 4.78 is 7.53. The fourth-order valence-electron chi connectivity index (χ4n) is 2.32. The number of rotatable bonds is 5. The van der Waals surface area contributed by atoms with E-state index in [0.717, 1.165) is 0 Å². The average Bonchev–Trinajstić information content (AvgIpc) is 3.08. The number of carbonyl (C=O) groups excluding carboxylic acids is 1. The van der Waals surface area contributed by atoms with Crippen LogP contribution in [0.5, 0.6) is 0 Å². The van der Waals surface area contributed by atoms with Crippen molar-refractivity contribution in [2.24, 2.45) is 0 Å². The van der Waals surface area contributed by atoms with Crippen molar-refractivity contribution < 1.29 is 9.53 Å². The zero-order valence-corrected chi connectivity index (χ0v) is 14.1. The quantitative estimate of drug-likeness (QED) is 0.614. The highest BCUT2D eigenvalue weighted by Crippen LogP contribution is 2.30. The molecule has 122 valence electrons. The van der Waals surface area contributed by atoms with Crippen molar-refractivity contribution in [1.29, 1.82) is 0 Å². The predicted molar refractivity (Wildman–Crippen MR) is 93.3 cm³/mol. The van der Waals surface area contributed by atoms with Gasteiger partial charge in [-0.15, -0.1) is 0 Å². The van der Waals surface area contributed by atoms with Crippen molar-refractivity contribution in [2.75, 3.05) is 0 Å². The third kappa shape index (κ3) is 3.96. The van der Waals surface area contributed by atoms with Gasteiger partial charge in [-0.3, -0.25) is 0 Å². The highest BCUT2D eigenvalue weighted by Gasteiger charge is 2.21. The lowest BCUT2D eigenvalue weighted by Gasteiger charge is -2.20. The maximum absolute atomic E-state index is 12.4. The van der Waals surface area contributed by atoms with Crippen molar-refractivity contribution in [3.63, 3.8) is 0 Å². The molecular weight excluding hydrogens is 347 g/mol. The smallest absolute Gasteiger partial charge is 0.338 e. The Kier molecular flexibility index (Phi) is 5.18. The van der Waals surface area contributed by atoms with E-state index < -0.39 is 12.1 Å². The largest absolute Gasteiger partial charge is 0.452 e. The molecule has 0 fully saturated rings. The van der Waals surface area contributed by atoms with E-state index in [2.05, 4.69) is 4.98 Å². The van der Waals surface area contributed by atoms with Gasteiger partial charge in [-0.05, 0) is 24.3 Å². The Balaban J connectivity index is 1.88. The Morgan fingerprint density at radius 1 is 1.17 bits per heavy atom. The first-order valence-electron chi connectivity index (χ1n) is 7.30. The summed E-state index contributed by atoms with van der Waals surface area (Å²) >= 11 is 12.3. The van der Waals surface area contributed by atoms with Gasteiger partial charge >= 0.3 is 5.97 Å². The molecule has 4 nitrogen and oxygen atoms in total. The second-order valence-electron chi connectivity index (χ2n) is 5.19. The maximum atomic E-state index is 12.4. The van der Waals surface area contributed by atoms with E-state index in [0.29, 0.717) is 27.7 Å². The minimum Gasteiger partial charge on any atom is -0.452 e. The molecule has 1 aromatic heterocycles. The summed E-state index contributed by atoms with van der Waals surface area (Å²) in [5.41, 5.74) is 1.18. The van der Waals surface area contributed by atoms with Crippen molar-refractivity contribution in [3.05, 3.63) is 88.4 Å². The van der Waals surface area contributed by atoms with E-state index in [-0.39, 0.29) is 0 Å². The van der Waals surface area contributed by atoms with Crippen LogP contribution in [0.4, 0.5) is 0 Å². The molecule has 1 heterocycles. The summed E-state index contributed by atoms with van der Waals surface area (Å²) in [6, 6.07) is 14.0. The lowest BCUT2D eigenvalue weighted by molar-refractivity contribution is 0.0255. The first-order chi connectivity index (χ1) is 11.6. The lowest BCUT2D eigenvalue weighted by atomic mass is 10.1. The number of benzene rings is 2. The predicted octanol–water partition coefficient (Wildman–Crippen LogP) is 4.79. The van der Waals surface area contributed by atoms with Crippen LogP contribution in [-0.4, -0.2) is 15.5 Å². The first-order valence-corrected chi connectivity index (χ1v) is 8.06. The van der Waals surface area contributed by atoms with E-state index in [1.807, 2.05) is 10.6 Å². The summed E-state index contributed by atoms with van der Waals surface area (Å²) in [6.45, 7) is 0.403. The fraction of sp³-hybridized carbons (Fsp3) is 0.111. The van der Waals surface area contributed by atoms with Gasteiger partial charge in [-0.2, -0.15) is 0 Å². The van der Waals surface area contributed by atoms with Crippen LogP contribution < -0.4 is 0 Å². The molecule has 0 aliphatic rings. The summed E-state index contributed by atoms with van der Waals surface area (Å²) in [4.78, 5) is 16.4. The molecule has 1 atom stereocenters. The molecule has 0 bridgehead atoms. The normalized spacial score (nSPS) is 11.9. The van der Waals surface area contributed by atoms with Crippen LogP contribution in [0, 0.1) is 0 Å². The van der Waals surface area contributed by atoms with Crippen LogP contribution in [0.2, 0.25) is 10.0 Å².